The molecule has 57 heavy (non-hydrogen) atoms. The number of aromatic carboxylic acids is 5. The molecule has 0 unspecified atom stereocenters. The monoisotopic (exact) mass is 801 g/mol. The van der Waals surface area contributed by atoms with Gasteiger partial charge < -0.3 is 35.5 Å². The molecule has 2 aliphatic heterocycles. The van der Waals surface area contributed by atoms with E-state index in [1.807, 2.05) is 0 Å². The van der Waals surface area contributed by atoms with E-state index >= 15 is 0 Å². The number of nitrogens with one attached hydrogen (secondary N) is 2. The van der Waals surface area contributed by atoms with Crippen LogP contribution in [0.25, 0.3) is 89.7 Å². The van der Waals surface area contributed by atoms with Crippen LogP contribution < -0.4 is 0 Å². The van der Waals surface area contributed by atoms with Crippen LogP contribution in [0.15, 0.2) is 66.7 Å². The first-order valence-corrected chi connectivity index (χ1v) is 16.7. The Bertz CT molecular complexity index is 3200. The molecule has 3 aromatic heterocycles. The SMILES string of the molecule is O=C(O)c1cccc2c1-c1nc-2nc2[nH]c(nc3nc(nc4[nH]c(n1)c1c(C(=O)O)c(C(=O)O)c(C(=O)O)c(C(=O)O)c41)-c1ccccc1-3)c1ccccc21.[O]=[V]. The van der Waals surface area contributed by atoms with Gasteiger partial charge in [-0.25, -0.2) is 53.9 Å². The third-order valence-electron chi connectivity index (χ3n) is 9.20. The molecule has 277 valence electrons. The Morgan fingerprint density at radius 2 is 0.807 bits per heavy atom. The second kappa shape index (κ2) is 13.4. The number of fused-ring (bicyclic) bond motifs is 20. The first-order valence-electron chi connectivity index (χ1n) is 16.2. The number of benzene rings is 4. The van der Waals surface area contributed by atoms with Gasteiger partial charge in [-0.05, 0) is 6.07 Å². The molecule has 5 heterocycles. The molecule has 9 rings (SSSR count). The minimum atomic E-state index is -2.05. The number of carbonyl (C=O) groups is 5. The first-order chi connectivity index (χ1) is 27.4. The first kappa shape index (κ1) is 36.0. The van der Waals surface area contributed by atoms with Crippen molar-refractivity contribution in [3.63, 3.8) is 0 Å². The molecule has 8 bridgehead atoms. The average molecular weight is 802 g/mol. The van der Waals surface area contributed by atoms with E-state index in [1.165, 1.54) is 12.1 Å². The Labute approximate surface area is 323 Å². The van der Waals surface area contributed by atoms with Gasteiger partial charge in [0.05, 0.1) is 27.8 Å². The summed E-state index contributed by atoms with van der Waals surface area (Å²) in [5.74, 6) is -9.59. The summed E-state index contributed by atoms with van der Waals surface area (Å²) in [4.78, 5) is 97.6. The molecule has 0 spiro atoms. The molecule has 0 saturated heterocycles. The number of hydrogen-bond donors (Lipinski definition) is 7. The zero-order chi connectivity index (χ0) is 40.4. The summed E-state index contributed by atoms with van der Waals surface area (Å²) in [6.07, 6.45) is 0. The van der Waals surface area contributed by atoms with E-state index in [4.69, 9.17) is 13.6 Å². The molecule has 20 heteroatoms. The van der Waals surface area contributed by atoms with E-state index in [9.17, 15) is 49.5 Å². The van der Waals surface area contributed by atoms with Crippen molar-refractivity contribution in [2.45, 2.75) is 0 Å². The van der Waals surface area contributed by atoms with Crippen molar-refractivity contribution in [3.05, 3.63) is 94.5 Å². The van der Waals surface area contributed by atoms with Gasteiger partial charge in [-0.15, -0.1) is 0 Å². The van der Waals surface area contributed by atoms with Crippen molar-refractivity contribution in [3.8, 4) is 45.6 Å². The fraction of sp³-hybridized carbons (Fsp3) is 0. The Morgan fingerprint density at radius 1 is 0.421 bits per heavy atom. The standard InChI is InChI=1S/C37H18N8O10.O.V/c46-33(47)17-11-5-10-16-18(17)30-43-29(16)41-27-13-7-2-1-6-12(13)25(39-27)38-26-14-8-3-4-9-15(14)28(40-26)42-31-19-20(32(44-30)45-31)22(35(50)51)24(37(54)55)23(36(52)53)21(19)34(48)49;;/h1-11H,(H,46,47)(H,48,49)(H,50,51)(H,52,53)(H,54,55)(H2,38,39,40,41,42,43,44,45);;. The summed E-state index contributed by atoms with van der Waals surface area (Å²) in [6, 6.07) is 18.2. The maximum absolute atomic E-state index is 13.0. The van der Waals surface area contributed by atoms with Gasteiger partial charge in [0.15, 0.2) is 23.3 Å². The molecule has 0 fully saturated rings. The fourth-order valence-electron chi connectivity index (χ4n) is 7.03. The van der Waals surface area contributed by atoms with Gasteiger partial charge in [-0.1, -0.05) is 60.7 Å². The van der Waals surface area contributed by atoms with Crippen molar-refractivity contribution < 1.29 is 70.5 Å². The van der Waals surface area contributed by atoms with Crippen LogP contribution in [0.2, 0.25) is 0 Å². The van der Waals surface area contributed by atoms with Crippen molar-refractivity contribution in [1.82, 2.24) is 39.9 Å². The van der Waals surface area contributed by atoms with Gasteiger partial charge in [0.25, 0.3) is 0 Å². The van der Waals surface area contributed by atoms with Gasteiger partial charge in [-0.2, -0.15) is 0 Å². The van der Waals surface area contributed by atoms with Crippen LogP contribution in [0.1, 0.15) is 51.8 Å². The minimum absolute atomic E-state index is 0.0217. The Hall–Kier alpha value is -8.03. The number of H-pyrrole nitrogens is 2. The number of carboxylic acids is 5. The second-order valence-corrected chi connectivity index (χ2v) is 12.2. The summed E-state index contributed by atoms with van der Waals surface area (Å²) in [7, 11) is 0. The number of aromatic amines is 2. The van der Waals surface area contributed by atoms with Crippen molar-refractivity contribution in [2.75, 3.05) is 0 Å². The van der Waals surface area contributed by atoms with Crippen LogP contribution in [0, 0.1) is 0 Å². The van der Waals surface area contributed by atoms with Gasteiger partial charge >= 0.3 is 50.9 Å². The van der Waals surface area contributed by atoms with E-state index in [0.29, 0.717) is 27.5 Å². The van der Waals surface area contributed by atoms with Crippen LogP contribution in [0.4, 0.5) is 0 Å². The van der Waals surface area contributed by atoms with Crippen molar-refractivity contribution in [1.29, 1.82) is 0 Å². The topological polar surface area (TPSA) is 312 Å². The zero-order valence-electron chi connectivity index (χ0n) is 28.2. The second-order valence-electron chi connectivity index (χ2n) is 12.2. The van der Waals surface area contributed by atoms with Gasteiger partial charge in [0.1, 0.15) is 22.6 Å². The van der Waals surface area contributed by atoms with Crippen LogP contribution >= 0.6 is 0 Å². The third kappa shape index (κ3) is 5.48. The van der Waals surface area contributed by atoms with Crippen LogP contribution in [-0.2, 0) is 21.0 Å². The average Bonchev–Trinajstić information content (AvgIpc) is 3.93. The summed E-state index contributed by atoms with van der Waals surface area (Å²) >= 11 is 1.06. The number of hydrogen-bond acceptors (Lipinski definition) is 12. The summed E-state index contributed by atoms with van der Waals surface area (Å²) < 4.78 is 8.19. The molecule has 7 aromatic rings. The molecule has 19 nitrogen and oxygen atoms in total. The van der Waals surface area contributed by atoms with E-state index in [0.717, 1.165) is 17.4 Å². The molecule has 4 aromatic carbocycles. The van der Waals surface area contributed by atoms with E-state index < -0.39 is 74.2 Å². The third-order valence-corrected chi connectivity index (χ3v) is 9.20. The normalized spacial score (nSPS) is 11.3. The van der Waals surface area contributed by atoms with E-state index in [-0.39, 0.29) is 45.6 Å². The predicted molar refractivity (Wildman–Crippen MR) is 192 cm³/mol. The molecule has 7 N–H and O–H groups in total. The number of carboxylic acid groups (broad SMARTS) is 5. The van der Waals surface area contributed by atoms with Crippen LogP contribution in [0.5, 0.6) is 0 Å². The summed E-state index contributed by atoms with van der Waals surface area (Å²) in [5, 5.41) is 51.6. The van der Waals surface area contributed by atoms with Gasteiger partial charge in [0, 0.05) is 43.8 Å². The van der Waals surface area contributed by atoms with E-state index in [2.05, 4.69) is 29.9 Å². The molecule has 0 amide bonds. The van der Waals surface area contributed by atoms with Crippen LogP contribution in [-0.4, -0.2) is 95.3 Å². The molecular weight excluding hydrogens is 783 g/mol. The number of nitrogens with zero attached hydrogens (tertiary/aromatic N) is 6. The quantitative estimate of drug-likeness (QED) is 0.117. The molecule has 0 aliphatic carbocycles. The fourth-order valence-corrected chi connectivity index (χ4v) is 7.03. The summed E-state index contributed by atoms with van der Waals surface area (Å²) in [5.41, 5.74) is -4.48. The molecule has 0 atom stereocenters. The molecule has 0 radical (unpaired) electrons. The summed E-state index contributed by atoms with van der Waals surface area (Å²) in [6.45, 7) is 0. The Balaban J connectivity index is 0.00000224. The molecule has 0 saturated carbocycles. The predicted octanol–water partition coefficient (Wildman–Crippen LogP) is 5.24. The van der Waals surface area contributed by atoms with Gasteiger partial charge in [0.2, 0.25) is 0 Å². The van der Waals surface area contributed by atoms with E-state index in [1.54, 1.807) is 54.6 Å². The Kier molecular flexibility index (Phi) is 8.44. The number of aromatic nitrogens is 8. The molecule has 2 aliphatic rings. The van der Waals surface area contributed by atoms with Crippen LogP contribution in [0.3, 0.4) is 0 Å². The maximum atomic E-state index is 13.0. The van der Waals surface area contributed by atoms with Crippen molar-refractivity contribution >= 4 is 74.0 Å². The Morgan fingerprint density at radius 3 is 1.28 bits per heavy atom. The van der Waals surface area contributed by atoms with Gasteiger partial charge in [-0.3, -0.25) is 0 Å². The van der Waals surface area contributed by atoms with Crippen molar-refractivity contribution in [2.24, 2.45) is 0 Å². The molecular formula is C37H18N8O11V. The number of rotatable bonds is 5. The zero-order valence-corrected chi connectivity index (χ0v) is 29.6.